The maximum atomic E-state index is 5.67. The van der Waals surface area contributed by atoms with E-state index in [1.165, 1.54) is 5.56 Å². The molecule has 0 amide bonds. The zero-order valence-electron chi connectivity index (χ0n) is 20.1. The first-order valence-electron chi connectivity index (χ1n) is 11.5. The van der Waals surface area contributed by atoms with E-state index in [4.69, 9.17) is 9.41 Å². The summed E-state index contributed by atoms with van der Waals surface area (Å²) < 4.78 is 5.67. The number of benzene rings is 1. The van der Waals surface area contributed by atoms with Crippen LogP contribution in [0.15, 0.2) is 58.3 Å². The molecule has 2 N–H and O–H groups in total. The van der Waals surface area contributed by atoms with Crippen LogP contribution in [-0.2, 0) is 13.1 Å². The minimum absolute atomic E-state index is 0. The third kappa shape index (κ3) is 6.92. The third-order valence-corrected chi connectivity index (χ3v) is 5.71. The summed E-state index contributed by atoms with van der Waals surface area (Å²) in [5.74, 6) is 2.40. The molecule has 0 aliphatic carbocycles. The van der Waals surface area contributed by atoms with Gasteiger partial charge in [-0.05, 0) is 39.1 Å². The average molecular weight is 575 g/mol. The Balaban J connectivity index is 0.00000324. The number of aryl methyl sites for hydroxylation is 1. The van der Waals surface area contributed by atoms with Crippen molar-refractivity contribution in [2.75, 3.05) is 44.7 Å². The second kappa shape index (κ2) is 12.7. The maximum Gasteiger partial charge on any atom is 0.226 e. The number of halogens is 1. The molecule has 0 radical (unpaired) electrons. The Morgan fingerprint density at radius 2 is 1.85 bits per heavy atom. The topological polar surface area (TPSA) is 81.8 Å². The standard InChI is InChI=1S/C25H33N7O.HI/c1-4-26-25(29-17-22-18-33-24(30-22)20-9-7-19(2)8-10-20)28-16-21-6-5-11-27-23(21)32-14-12-31(3)13-15-32;/h5-11,18H,4,12-17H2,1-3H3,(H2,26,28,29);1H. The molecule has 2 aromatic heterocycles. The number of guanidine groups is 1. The Morgan fingerprint density at radius 3 is 2.59 bits per heavy atom. The van der Waals surface area contributed by atoms with E-state index in [2.05, 4.69) is 69.5 Å². The van der Waals surface area contributed by atoms with Crippen LogP contribution < -0.4 is 15.5 Å². The maximum absolute atomic E-state index is 5.67. The largest absolute Gasteiger partial charge is 0.444 e. The molecule has 8 nitrogen and oxygen atoms in total. The van der Waals surface area contributed by atoms with Gasteiger partial charge in [0.05, 0.1) is 18.8 Å². The summed E-state index contributed by atoms with van der Waals surface area (Å²) in [6.45, 7) is 10.0. The van der Waals surface area contributed by atoms with Crippen LogP contribution in [0.4, 0.5) is 5.82 Å². The number of pyridine rings is 1. The van der Waals surface area contributed by atoms with Crippen LogP contribution in [0.1, 0.15) is 23.7 Å². The fraction of sp³-hybridized carbons (Fsp3) is 0.400. The van der Waals surface area contributed by atoms with Gasteiger partial charge in [0.1, 0.15) is 12.1 Å². The summed E-state index contributed by atoms with van der Waals surface area (Å²) in [7, 11) is 2.16. The Bertz CT molecular complexity index is 1060. The molecule has 0 bridgehead atoms. The van der Waals surface area contributed by atoms with Gasteiger partial charge in [0.2, 0.25) is 5.89 Å². The molecule has 1 fully saturated rings. The first-order valence-corrected chi connectivity index (χ1v) is 11.5. The van der Waals surface area contributed by atoms with Gasteiger partial charge in [-0.1, -0.05) is 23.8 Å². The van der Waals surface area contributed by atoms with Crippen molar-refractivity contribution in [1.82, 2.24) is 25.5 Å². The number of aromatic nitrogens is 2. The highest BCUT2D eigenvalue weighted by Gasteiger charge is 2.18. The van der Waals surface area contributed by atoms with Gasteiger partial charge < -0.3 is 24.9 Å². The predicted molar refractivity (Wildman–Crippen MR) is 148 cm³/mol. The van der Waals surface area contributed by atoms with E-state index >= 15 is 0 Å². The first-order chi connectivity index (χ1) is 16.1. The van der Waals surface area contributed by atoms with E-state index in [0.717, 1.165) is 61.3 Å². The quantitative estimate of drug-likeness (QED) is 0.253. The van der Waals surface area contributed by atoms with Crippen LogP contribution >= 0.6 is 24.0 Å². The Kier molecular flexibility index (Phi) is 9.70. The second-order valence-corrected chi connectivity index (χ2v) is 8.34. The molecule has 9 heteroatoms. The summed E-state index contributed by atoms with van der Waals surface area (Å²) in [4.78, 5) is 18.8. The lowest BCUT2D eigenvalue weighted by Crippen LogP contribution is -2.45. The number of nitrogens with one attached hydrogen (secondary N) is 2. The first kappa shape index (κ1) is 26.0. The van der Waals surface area contributed by atoms with Crippen molar-refractivity contribution in [3.8, 4) is 11.5 Å². The molecular weight excluding hydrogens is 541 g/mol. The number of aliphatic imine (C=N–C) groups is 1. The van der Waals surface area contributed by atoms with Gasteiger partial charge >= 0.3 is 0 Å². The lowest BCUT2D eigenvalue weighted by atomic mass is 10.1. The molecule has 3 heterocycles. The van der Waals surface area contributed by atoms with Crippen molar-refractivity contribution in [3.63, 3.8) is 0 Å². The van der Waals surface area contributed by atoms with Crippen molar-refractivity contribution < 1.29 is 4.42 Å². The molecule has 1 aliphatic rings. The molecule has 1 saturated heterocycles. The van der Waals surface area contributed by atoms with E-state index in [1.807, 2.05) is 24.4 Å². The van der Waals surface area contributed by atoms with Crippen molar-refractivity contribution in [2.45, 2.75) is 26.9 Å². The monoisotopic (exact) mass is 575 g/mol. The minimum Gasteiger partial charge on any atom is -0.444 e. The van der Waals surface area contributed by atoms with Gasteiger partial charge in [-0.2, -0.15) is 0 Å². The van der Waals surface area contributed by atoms with Crippen molar-refractivity contribution in [3.05, 3.63) is 65.7 Å². The lowest BCUT2D eigenvalue weighted by Gasteiger charge is -2.34. The number of piperazine rings is 1. The Morgan fingerprint density at radius 1 is 1.09 bits per heavy atom. The van der Waals surface area contributed by atoms with E-state index < -0.39 is 0 Å². The molecule has 0 unspecified atom stereocenters. The number of hydrogen-bond donors (Lipinski definition) is 2. The third-order valence-electron chi connectivity index (χ3n) is 5.71. The van der Waals surface area contributed by atoms with E-state index in [1.54, 1.807) is 6.26 Å². The lowest BCUT2D eigenvalue weighted by molar-refractivity contribution is 0.312. The molecule has 3 aromatic rings. The van der Waals surface area contributed by atoms with Gasteiger partial charge in [0.15, 0.2) is 5.96 Å². The van der Waals surface area contributed by atoms with Crippen LogP contribution in [0, 0.1) is 6.92 Å². The summed E-state index contributed by atoms with van der Waals surface area (Å²) in [5.41, 5.74) is 4.14. The zero-order valence-corrected chi connectivity index (χ0v) is 22.5. The SMILES string of the molecule is CCNC(=NCc1cccnc1N1CCN(C)CC1)NCc1coc(-c2ccc(C)cc2)n1.I. The van der Waals surface area contributed by atoms with Crippen LogP contribution in [0.5, 0.6) is 0 Å². The van der Waals surface area contributed by atoms with Crippen LogP contribution in [0.2, 0.25) is 0 Å². The second-order valence-electron chi connectivity index (χ2n) is 8.34. The van der Waals surface area contributed by atoms with Crippen LogP contribution in [0.3, 0.4) is 0 Å². The highest BCUT2D eigenvalue weighted by Crippen LogP contribution is 2.20. The predicted octanol–water partition coefficient (Wildman–Crippen LogP) is 3.67. The fourth-order valence-corrected chi connectivity index (χ4v) is 3.75. The summed E-state index contributed by atoms with van der Waals surface area (Å²) in [5, 5.41) is 6.67. The van der Waals surface area contributed by atoms with E-state index in [9.17, 15) is 0 Å². The van der Waals surface area contributed by atoms with Gasteiger partial charge in [-0.3, -0.25) is 0 Å². The number of nitrogens with zero attached hydrogens (tertiary/aromatic N) is 5. The van der Waals surface area contributed by atoms with Gasteiger partial charge in [0.25, 0.3) is 0 Å². The van der Waals surface area contributed by atoms with Crippen LogP contribution in [0.25, 0.3) is 11.5 Å². The molecule has 4 rings (SSSR count). The summed E-state index contributed by atoms with van der Waals surface area (Å²) in [6.07, 6.45) is 3.55. The highest BCUT2D eigenvalue weighted by molar-refractivity contribution is 14.0. The average Bonchev–Trinajstić information content (AvgIpc) is 3.31. The van der Waals surface area contributed by atoms with Crippen LogP contribution in [-0.4, -0.2) is 60.6 Å². The van der Waals surface area contributed by atoms with Crippen molar-refractivity contribution in [2.24, 2.45) is 4.99 Å². The van der Waals surface area contributed by atoms with Crippen molar-refractivity contribution in [1.29, 1.82) is 0 Å². The fourth-order valence-electron chi connectivity index (χ4n) is 3.75. The smallest absolute Gasteiger partial charge is 0.226 e. The number of anilines is 1. The Hall–Kier alpha value is -2.66. The Labute approximate surface area is 218 Å². The van der Waals surface area contributed by atoms with Gasteiger partial charge in [-0.25, -0.2) is 15.0 Å². The normalized spacial score (nSPS) is 14.6. The number of hydrogen-bond acceptors (Lipinski definition) is 6. The number of oxazole rings is 1. The molecular formula is C25H34IN7O. The molecule has 1 aromatic carbocycles. The number of rotatable bonds is 7. The van der Waals surface area contributed by atoms with Gasteiger partial charge in [-0.15, -0.1) is 24.0 Å². The molecule has 182 valence electrons. The number of likely N-dealkylation sites (N-methyl/N-ethyl adjacent to an activating group) is 1. The minimum atomic E-state index is 0. The van der Waals surface area contributed by atoms with E-state index in [0.29, 0.717) is 19.0 Å². The molecule has 0 atom stereocenters. The summed E-state index contributed by atoms with van der Waals surface area (Å²) in [6, 6.07) is 12.3. The molecule has 0 saturated carbocycles. The van der Waals surface area contributed by atoms with Crippen molar-refractivity contribution >= 4 is 35.8 Å². The molecule has 34 heavy (non-hydrogen) atoms. The molecule has 1 aliphatic heterocycles. The summed E-state index contributed by atoms with van der Waals surface area (Å²) >= 11 is 0. The zero-order chi connectivity index (χ0) is 23.0. The highest BCUT2D eigenvalue weighted by atomic mass is 127. The van der Waals surface area contributed by atoms with E-state index in [-0.39, 0.29) is 24.0 Å². The molecule has 0 spiro atoms. The van der Waals surface area contributed by atoms with Gasteiger partial charge in [0, 0.05) is 50.0 Å².